The van der Waals surface area contributed by atoms with E-state index in [9.17, 15) is 0 Å². The number of benzene rings is 3. The predicted octanol–water partition coefficient (Wildman–Crippen LogP) is 6.07. The lowest BCUT2D eigenvalue weighted by atomic mass is 9.81. The summed E-state index contributed by atoms with van der Waals surface area (Å²) in [5, 5.41) is 2.92. The molecule has 0 heterocycles. The summed E-state index contributed by atoms with van der Waals surface area (Å²) in [5.41, 5.74) is 7.61. The van der Waals surface area contributed by atoms with Crippen molar-refractivity contribution in [2.24, 2.45) is 0 Å². The van der Waals surface area contributed by atoms with E-state index in [1.54, 1.807) is 16.7 Å². The Hall–Kier alpha value is -2.34. The predicted molar refractivity (Wildman–Crippen MR) is 97.8 cm³/mol. The molecule has 23 heavy (non-hydrogen) atoms. The molecule has 0 spiro atoms. The van der Waals surface area contributed by atoms with Crippen LogP contribution in [0.5, 0.6) is 0 Å². The van der Waals surface area contributed by atoms with E-state index in [1.807, 2.05) is 0 Å². The molecule has 112 valence electrons. The van der Waals surface area contributed by atoms with Gasteiger partial charge in [-0.2, -0.15) is 0 Å². The molecule has 0 aliphatic heterocycles. The number of hydrogen-bond acceptors (Lipinski definition) is 0. The van der Waals surface area contributed by atoms with Gasteiger partial charge in [0.1, 0.15) is 0 Å². The molecular formula is C23H20. The molecule has 5 rings (SSSR count). The molecule has 0 aromatic heterocycles. The molecule has 0 amide bonds. The first-order valence-corrected chi connectivity index (χ1v) is 8.66. The Morgan fingerprint density at radius 2 is 1.65 bits per heavy atom. The van der Waals surface area contributed by atoms with Crippen LogP contribution >= 0.6 is 0 Å². The minimum atomic E-state index is 0.550. The Morgan fingerprint density at radius 1 is 0.870 bits per heavy atom. The third-order valence-electron chi connectivity index (χ3n) is 5.74. The Bertz CT molecular complexity index is 940. The zero-order chi connectivity index (χ0) is 15.4. The highest BCUT2D eigenvalue weighted by molar-refractivity contribution is 5.93. The van der Waals surface area contributed by atoms with Gasteiger partial charge in [-0.1, -0.05) is 79.2 Å². The highest BCUT2D eigenvalue weighted by atomic mass is 14.4. The van der Waals surface area contributed by atoms with Crippen molar-refractivity contribution in [2.45, 2.75) is 31.6 Å². The topological polar surface area (TPSA) is 0 Å². The fraction of sp³-hybridized carbons (Fsp3) is 0.217. The first kappa shape index (κ1) is 13.1. The van der Waals surface area contributed by atoms with Crippen molar-refractivity contribution < 1.29 is 0 Å². The van der Waals surface area contributed by atoms with E-state index in [1.165, 1.54) is 28.3 Å². The molecular weight excluding hydrogens is 276 g/mol. The van der Waals surface area contributed by atoms with E-state index >= 15 is 0 Å². The highest BCUT2D eigenvalue weighted by Crippen LogP contribution is 2.53. The monoisotopic (exact) mass is 296 g/mol. The summed E-state index contributed by atoms with van der Waals surface area (Å²) in [4.78, 5) is 0. The maximum Gasteiger partial charge on any atom is 0.0130 e. The van der Waals surface area contributed by atoms with Gasteiger partial charge in [0.25, 0.3) is 0 Å². The minimum absolute atomic E-state index is 0.550. The summed E-state index contributed by atoms with van der Waals surface area (Å²) < 4.78 is 0. The smallest absolute Gasteiger partial charge is 0.0130 e. The minimum Gasteiger partial charge on any atom is -0.0648 e. The van der Waals surface area contributed by atoms with Crippen molar-refractivity contribution >= 4 is 16.8 Å². The second kappa shape index (κ2) is 4.83. The Balaban J connectivity index is 1.70. The summed E-state index contributed by atoms with van der Waals surface area (Å²) in [7, 11) is 0. The molecule has 2 atom stereocenters. The number of allylic oxidation sites excluding steroid dienone is 1. The molecule has 3 aromatic rings. The molecule has 0 radical (unpaired) electrons. The van der Waals surface area contributed by atoms with Gasteiger partial charge in [0.15, 0.2) is 0 Å². The van der Waals surface area contributed by atoms with Crippen LogP contribution in [0.4, 0.5) is 0 Å². The van der Waals surface area contributed by atoms with Crippen LogP contribution in [-0.2, 0) is 6.42 Å². The quantitative estimate of drug-likeness (QED) is 0.538. The van der Waals surface area contributed by atoms with Gasteiger partial charge < -0.3 is 0 Å². The van der Waals surface area contributed by atoms with Gasteiger partial charge in [0.05, 0.1) is 0 Å². The van der Waals surface area contributed by atoms with Crippen LogP contribution in [0.25, 0.3) is 16.8 Å². The van der Waals surface area contributed by atoms with E-state index in [2.05, 4.69) is 73.7 Å². The van der Waals surface area contributed by atoms with Crippen LogP contribution in [0, 0.1) is 0 Å². The first-order chi connectivity index (χ1) is 11.4. The summed E-state index contributed by atoms with van der Waals surface area (Å²) >= 11 is 0. The Labute approximate surface area is 137 Å². The first-order valence-electron chi connectivity index (χ1n) is 8.66. The van der Waals surface area contributed by atoms with Crippen molar-refractivity contribution in [1.82, 2.24) is 0 Å². The largest absolute Gasteiger partial charge is 0.0648 e. The second-order valence-corrected chi connectivity index (χ2v) is 6.88. The lowest BCUT2D eigenvalue weighted by molar-refractivity contribution is 0.599. The molecule has 0 bridgehead atoms. The Morgan fingerprint density at radius 3 is 2.43 bits per heavy atom. The lowest BCUT2D eigenvalue weighted by Crippen LogP contribution is -2.08. The van der Waals surface area contributed by atoms with Crippen molar-refractivity contribution in [2.75, 3.05) is 0 Å². The van der Waals surface area contributed by atoms with E-state index in [0.717, 1.165) is 6.42 Å². The van der Waals surface area contributed by atoms with Gasteiger partial charge in [-0.15, -0.1) is 0 Å². The molecule has 2 unspecified atom stereocenters. The Kier molecular flexibility index (Phi) is 2.76. The maximum absolute atomic E-state index is 2.45. The normalized spacial score (nSPS) is 21.5. The molecule has 0 heteroatoms. The van der Waals surface area contributed by atoms with Gasteiger partial charge in [-0.25, -0.2) is 0 Å². The maximum atomic E-state index is 2.45. The lowest BCUT2D eigenvalue weighted by Gasteiger charge is -2.22. The average molecular weight is 296 g/mol. The van der Waals surface area contributed by atoms with E-state index in [0.29, 0.717) is 11.8 Å². The summed E-state index contributed by atoms with van der Waals surface area (Å²) in [5.74, 6) is 1.17. The molecule has 3 aromatic carbocycles. The van der Waals surface area contributed by atoms with Gasteiger partial charge in [-0.05, 0) is 51.8 Å². The van der Waals surface area contributed by atoms with Crippen LogP contribution in [0.3, 0.4) is 0 Å². The third-order valence-corrected chi connectivity index (χ3v) is 5.74. The van der Waals surface area contributed by atoms with Crippen molar-refractivity contribution in [1.29, 1.82) is 0 Å². The highest BCUT2D eigenvalue weighted by Gasteiger charge is 2.36. The summed E-state index contributed by atoms with van der Waals surface area (Å²) in [6.07, 6.45) is 4.77. The zero-order valence-electron chi connectivity index (χ0n) is 13.4. The van der Waals surface area contributed by atoms with Crippen LogP contribution in [0.1, 0.15) is 47.4 Å². The van der Waals surface area contributed by atoms with E-state index in [-0.39, 0.29) is 0 Å². The fourth-order valence-corrected chi connectivity index (χ4v) is 4.78. The van der Waals surface area contributed by atoms with Gasteiger partial charge in [0, 0.05) is 5.92 Å². The molecule has 0 nitrogen and oxygen atoms in total. The summed E-state index contributed by atoms with van der Waals surface area (Å²) in [6.45, 7) is 2.34. The van der Waals surface area contributed by atoms with E-state index < -0.39 is 0 Å². The van der Waals surface area contributed by atoms with Crippen molar-refractivity contribution in [3.8, 4) is 0 Å². The van der Waals surface area contributed by atoms with Gasteiger partial charge in [0.2, 0.25) is 0 Å². The number of hydrogen-bond donors (Lipinski definition) is 0. The standard InChI is InChI=1S/C23H20/c1-2-19-20-11-5-9-15-10-6-12-21(22(15)20)23(19)18-13-16-7-3-4-8-17(16)14-18/h3-13,19,23H,2,14H2,1H3. The van der Waals surface area contributed by atoms with E-state index in [4.69, 9.17) is 0 Å². The van der Waals surface area contributed by atoms with Gasteiger partial charge in [-0.3, -0.25) is 0 Å². The van der Waals surface area contributed by atoms with Crippen molar-refractivity contribution in [3.63, 3.8) is 0 Å². The van der Waals surface area contributed by atoms with Crippen LogP contribution in [0.2, 0.25) is 0 Å². The average Bonchev–Trinajstić information content (AvgIpc) is 3.15. The van der Waals surface area contributed by atoms with Crippen LogP contribution in [-0.4, -0.2) is 0 Å². The molecule has 0 saturated heterocycles. The molecule has 2 aliphatic rings. The van der Waals surface area contributed by atoms with Crippen LogP contribution in [0.15, 0.2) is 66.2 Å². The van der Waals surface area contributed by atoms with Gasteiger partial charge >= 0.3 is 0 Å². The molecule has 0 N–H and O–H groups in total. The number of rotatable bonds is 2. The zero-order valence-corrected chi connectivity index (χ0v) is 13.4. The second-order valence-electron chi connectivity index (χ2n) is 6.88. The van der Waals surface area contributed by atoms with Crippen molar-refractivity contribution in [3.05, 3.63) is 88.5 Å². The number of fused-ring (bicyclic) bond motifs is 1. The van der Waals surface area contributed by atoms with Crippen LogP contribution < -0.4 is 0 Å². The fourth-order valence-electron chi connectivity index (χ4n) is 4.78. The molecule has 0 saturated carbocycles. The SMILES string of the molecule is CCC1c2cccc3cccc(c23)C1C1=Cc2ccccc2C1. The summed E-state index contributed by atoms with van der Waals surface area (Å²) in [6, 6.07) is 22.5. The molecule has 0 fully saturated rings. The third kappa shape index (κ3) is 1.78. The molecule has 2 aliphatic carbocycles.